The summed E-state index contributed by atoms with van der Waals surface area (Å²) in [5.41, 5.74) is 2.02. The molecule has 0 aliphatic heterocycles. The molecule has 2 aromatic carbocycles. The van der Waals surface area contributed by atoms with E-state index in [9.17, 15) is 0 Å². The second-order valence-electron chi connectivity index (χ2n) is 4.33. The Morgan fingerprint density at radius 2 is 1.90 bits per heavy atom. The van der Waals surface area contributed by atoms with Gasteiger partial charge in [-0.25, -0.2) is 0 Å². The summed E-state index contributed by atoms with van der Waals surface area (Å²) in [6, 6.07) is 13.5. The van der Waals surface area contributed by atoms with Crippen molar-refractivity contribution in [3.63, 3.8) is 0 Å². The van der Waals surface area contributed by atoms with Crippen LogP contribution in [0.2, 0.25) is 5.02 Å². The molecule has 0 aliphatic carbocycles. The molecule has 0 heterocycles. The van der Waals surface area contributed by atoms with E-state index in [0.717, 1.165) is 11.1 Å². The second kappa shape index (κ2) is 8.27. The standard InChI is InChI=1S/C16H16BrClO3/c1-19-15-8-14(18)7-13(9-17)16(15)21-11-20-10-12-5-3-2-4-6-12/h2-8H,9-11H2,1H3. The highest BCUT2D eigenvalue weighted by Crippen LogP contribution is 2.35. The van der Waals surface area contributed by atoms with Crippen molar-refractivity contribution in [3.8, 4) is 11.5 Å². The molecule has 0 saturated heterocycles. The van der Waals surface area contributed by atoms with Crippen molar-refractivity contribution >= 4 is 27.5 Å². The zero-order valence-corrected chi connectivity index (χ0v) is 14.0. The molecule has 0 aliphatic rings. The van der Waals surface area contributed by atoms with Crippen LogP contribution in [0.1, 0.15) is 11.1 Å². The lowest BCUT2D eigenvalue weighted by Gasteiger charge is -2.14. The summed E-state index contributed by atoms with van der Waals surface area (Å²) in [7, 11) is 1.58. The molecule has 0 N–H and O–H groups in total. The molecular formula is C16H16BrClO3. The summed E-state index contributed by atoms with van der Waals surface area (Å²) >= 11 is 9.45. The summed E-state index contributed by atoms with van der Waals surface area (Å²) in [6.45, 7) is 0.646. The first-order chi connectivity index (χ1) is 10.2. The summed E-state index contributed by atoms with van der Waals surface area (Å²) in [5, 5.41) is 1.23. The Balaban J connectivity index is 1.96. The molecule has 2 rings (SSSR count). The van der Waals surface area contributed by atoms with Gasteiger partial charge >= 0.3 is 0 Å². The monoisotopic (exact) mass is 370 g/mol. The summed E-state index contributed by atoms with van der Waals surface area (Å²) in [5.74, 6) is 1.24. The number of rotatable bonds is 7. The van der Waals surface area contributed by atoms with Crippen LogP contribution in [0.25, 0.3) is 0 Å². The Bertz CT molecular complexity index is 550. The number of halogens is 2. The van der Waals surface area contributed by atoms with Crippen LogP contribution < -0.4 is 9.47 Å². The van der Waals surface area contributed by atoms with Crippen LogP contribution in [0.4, 0.5) is 0 Å². The lowest BCUT2D eigenvalue weighted by atomic mass is 10.2. The van der Waals surface area contributed by atoms with Gasteiger partial charge in [-0.1, -0.05) is 57.9 Å². The van der Waals surface area contributed by atoms with Gasteiger partial charge in [-0.2, -0.15) is 0 Å². The van der Waals surface area contributed by atoms with Gasteiger partial charge in [0.15, 0.2) is 18.3 Å². The topological polar surface area (TPSA) is 27.7 Å². The van der Waals surface area contributed by atoms with Crippen molar-refractivity contribution in [2.75, 3.05) is 13.9 Å². The van der Waals surface area contributed by atoms with Crippen molar-refractivity contribution in [2.24, 2.45) is 0 Å². The van der Waals surface area contributed by atoms with Crippen molar-refractivity contribution in [3.05, 3.63) is 58.6 Å². The van der Waals surface area contributed by atoms with Crippen LogP contribution in [0.15, 0.2) is 42.5 Å². The van der Waals surface area contributed by atoms with E-state index in [1.165, 1.54) is 0 Å². The number of ether oxygens (including phenoxy) is 3. The fourth-order valence-corrected chi connectivity index (χ4v) is 2.52. The predicted molar refractivity (Wildman–Crippen MR) is 87.4 cm³/mol. The van der Waals surface area contributed by atoms with E-state index >= 15 is 0 Å². The molecule has 0 saturated carbocycles. The molecule has 0 spiro atoms. The molecule has 0 aromatic heterocycles. The molecule has 0 amide bonds. The van der Waals surface area contributed by atoms with E-state index in [1.54, 1.807) is 13.2 Å². The van der Waals surface area contributed by atoms with Gasteiger partial charge in [0.2, 0.25) is 0 Å². The maximum absolute atomic E-state index is 6.03. The van der Waals surface area contributed by atoms with Crippen molar-refractivity contribution in [2.45, 2.75) is 11.9 Å². The molecule has 3 nitrogen and oxygen atoms in total. The minimum absolute atomic E-state index is 0.146. The summed E-state index contributed by atoms with van der Waals surface area (Å²) < 4.78 is 16.5. The van der Waals surface area contributed by atoms with Gasteiger partial charge in [0.05, 0.1) is 13.7 Å². The van der Waals surface area contributed by atoms with E-state index in [0.29, 0.717) is 28.5 Å². The maximum Gasteiger partial charge on any atom is 0.189 e. The first-order valence-electron chi connectivity index (χ1n) is 6.41. The minimum Gasteiger partial charge on any atom is -0.493 e. The number of methoxy groups -OCH3 is 1. The highest BCUT2D eigenvalue weighted by atomic mass is 79.9. The molecule has 0 fully saturated rings. The largest absolute Gasteiger partial charge is 0.493 e. The first-order valence-corrected chi connectivity index (χ1v) is 7.91. The van der Waals surface area contributed by atoms with Gasteiger partial charge in [0.25, 0.3) is 0 Å². The van der Waals surface area contributed by atoms with Gasteiger partial charge in [0, 0.05) is 22.0 Å². The van der Waals surface area contributed by atoms with E-state index in [4.69, 9.17) is 25.8 Å². The third-order valence-electron chi connectivity index (χ3n) is 2.86. The van der Waals surface area contributed by atoms with Crippen LogP contribution in [-0.2, 0) is 16.7 Å². The summed E-state index contributed by atoms with van der Waals surface area (Å²) in [6.07, 6.45) is 0. The Hall–Kier alpha value is -1.23. The third-order valence-corrected chi connectivity index (χ3v) is 3.68. The van der Waals surface area contributed by atoms with Crippen LogP contribution in [0, 0.1) is 0 Å². The lowest BCUT2D eigenvalue weighted by Crippen LogP contribution is -2.05. The quantitative estimate of drug-likeness (QED) is 0.397. The molecule has 21 heavy (non-hydrogen) atoms. The van der Waals surface area contributed by atoms with Gasteiger partial charge in [0.1, 0.15) is 0 Å². The maximum atomic E-state index is 6.03. The van der Waals surface area contributed by atoms with Gasteiger partial charge in [-0.05, 0) is 11.6 Å². The van der Waals surface area contributed by atoms with Gasteiger partial charge in [-0.15, -0.1) is 0 Å². The van der Waals surface area contributed by atoms with Crippen LogP contribution in [0.3, 0.4) is 0 Å². The highest BCUT2D eigenvalue weighted by Gasteiger charge is 2.12. The number of alkyl halides is 1. The van der Waals surface area contributed by atoms with E-state index in [2.05, 4.69) is 15.9 Å². The average Bonchev–Trinajstić information content (AvgIpc) is 2.52. The Kier molecular flexibility index (Phi) is 6.36. The van der Waals surface area contributed by atoms with Crippen molar-refractivity contribution in [1.82, 2.24) is 0 Å². The first kappa shape index (κ1) is 16.1. The SMILES string of the molecule is COc1cc(Cl)cc(CBr)c1OCOCc1ccccc1. The molecule has 112 valence electrons. The van der Waals surface area contributed by atoms with E-state index in [1.807, 2.05) is 36.4 Å². The van der Waals surface area contributed by atoms with E-state index in [-0.39, 0.29) is 6.79 Å². The van der Waals surface area contributed by atoms with Crippen molar-refractivity contribution < 1.29 is 14.2 Å². The zero-order valence-electron chi connectivity index (χ0n) is 11.6. The smallest absolute Gasteiger partial charge is 0.189 e. The second-order valence-corrected chi connectivity index (χ2v) is 5.32. The number of hydrogen-bond donors (Lipinski definition) is 0. The van der Waals surface area contributed by atoms with Crippen LogP contribution in [-0.4, -0.2) is 13.9 Å². The van der Waals surface area contributed by atoms with Gasteiger partial charge < -0.3 is 14.2 Å². The molecule has 5 heteroatoms. The van der Waals surface area contributed by atoms with Crippen LogP contribution >= 0.6 is 27.5 Å². The number of benzene rings is 2. The molecule has 0 radical (unpaired) electrons. The number of hydrogen-bond acceptors (Lipinski definition) is 3. The van der Waals surface area contributed by atoms with E-state index < -0.39 is 0 Å². The molecule has 2 aromatic rings. The zero-order chi connectivity index (χ0) is 15.1. The Morgan fingerprint density at radius 3 is 2.57 bits per heavy atom. The normalized spacial score (nSPS) is 10.4. The fraction of sp³-hybridized carbons (Fsp3) is 0.250. The predicted octanol–water partition coefficient (Wildman–Crippen LogP) is 4.80. The average molecular weight is 372 g/mol. The van der Waals surface area contributed by atoms with Crippen LogP contribution in [0.5, 0.6) is 11.5 Å². The molecule has 0 atom stereocenters. The molecular weight excluding hydrogens is 356 g/mol. The molecule has 0 unspecified atom stereocenters. The third kappa shape index (κ3) is 4.63. The summed E-state index contributed by atoms with van der Waals surface area (Å²) in [4.78, 5) is 0. The highest BCUT2D eigenvalue weighted by molar-refractivity contribution is 9.08. The van der Waals surface area contributed by atoms with Crippen molar-refractivity contribution in [1.29, 1.82) is 0 Å². The molecule has 0 bridgehead atoms. The Morgan fingerprint density at radius 1 is 1.14 bits per heavy atom. The Labute approximate surface area is 137 Å². The van der Waals surface area contributed by atoms with Gasteiger partial charge in [-0.3, -0.25) is 0 Å². The lowest BCUT2D eigenvalue weighted by molar-refractivity contribution is 0.00336. The minimum atomic E-state index is 0.146. The fourth-order valence-electron chi connectivity index (χ4n) is 1.87.